The molecule has 2 aromatic heterocycles. The van der Waals surface area contributed by atoms with Gasteiger partial charge in [-0.2, -0.15) is 0 Å². The molecule has 4 rings (SSSR count). The molecule has 1 aliphatic rings. The summed E-state index contributed by atoms with van der Waals surface area (Å²) in [5, 5.41) is 1.09. The zero-order valence-electron chi connectivity index (χ0n) is 16.5. The molecule has 0 aliphatic carbocycles. The number of allylic oxidation sites excluding steroid dienone is 1. The third-order valence-electron chi connectivity index (χ3n) is 4.93. The lowest BCUT2D eigenvalue weighted by atomic mass is 10.2. The maximum atomic E-state index is 12.8. The van der Waals surface area contributed by atoms with Gasteiger partial charge in [0.25, 0.3) is 5.56 Å². The van der Waals surface area contributed by atoms with Crippen molar-refractivity contribution in [1.29, 1.82) is 0 Å². The number of aromatic nitrogens is 4. The van der Waals surface area contributed by atoms with Gasteiger partial charge in [0.05, 0.1) is 16.7 Å². The Morgan fingerprint density at radius 1 is 1.10 bits per heavy atom. The number of rotatable bonds is 6. The summed E-state index contributed by atoms with van der Waals surface area (Å²) in [5.41, 5.74) is 0.515. The summed E-state index contributed by atoms with van der Waals surface area (Å²) < 4.78 is 1.57. The van der Waals surface area contributed by atoms with E-state index in [2.05, 4.69) is 26.4 Å². The van der Waals surface area contributed by atoms with E-state index in [0.29, 0.717) is 54.7 Å². The first-order chi connectivity index (χ1) is 14.7. The summed E-state index contributed by atoms with van der Waals surface area (Å²) in [6.07, 6.45) is 5.10. The van der Waals surface area contributed by atoms with Gasteiger partial charge in [0, 0.05) is 45.1 Å². The maximum Gasteiger partial charge on any atom is 0.262 e. The van der Waals surface area contributed by atoms with Crippen LogP contribution < -0.4 is 10.5 Å². The van der Waals surface area contributed by atoms with Crippen LogP contribution >= 0.6 is 11.8 Å². The van der Waals surface area contributed by atoms with Gasteiger partial charge in [0.2, 0.25) is 11.9 Å². The van der Waals surface area contributed by atoms with Crippen molar-refractivity contribution in [3.05, 3.63) is 65.7 Å². The topological polar surface area (TPSA) is 84.2 Å². The molecule has 0 unspecified atom stereocenters. The zero-order chi connectivity index (χ0) is 20.9. The summed E-state index contributed by atoms with van der Waals surface area (Å²) in [7, 11) is 0. The standard InChI is InChI=1S/C21H22N6O2S/c1-2-10-27-19(29)16-6-3-4-7-17(16)24-21(27)30-15-18(28)25-11-13-26(14-12-25)20-22-8-5-9-23-20/h2-9H,1,10-15H2. The molecule has 1 saturated heterocycles. The lowest BCUT2D eigenvalue weighted by molar-refractivity contribution is -0.128. The molecule has 1 aliphatic heterocycles. The normalized spacial score (nSPS) is 14.1. The van der Waals surface area contributed by atoms with Gasteiger partial charge in [-0.05, 0) is 18.2 Å². The highest BCUT2D eigenvalue weighted by Gasteiger charge is 2.23. The number of anilines is 1. The Morgan fingerprint density at radius 2 is 1.83 bits per heavy atom. The van der Waals surface area contributed by atoms with Crippen molar-refractivity contribution in [2.45, 2.75) is 11.7 Å². The molecule has 3 aromatic rings. The van der Waals surface area contributed by atoms with E-state index in [-0.39, 0.29) is 17.2 Å². The maximum absolute atomic E-state index is 12.8. The van der Waals surface area contributed by atoms with Gasteiger partial charge >= 0.3 is 0 Å². The van der Waals surface area contributed by atoms with Gasteiger partial charge in [-0.25, -0.2) is 15.0 Å². The van der Waals surface area contributed by atoms with Crippen molar-refractivity contribution in [1.82, 2.24) is 24.4 Å². The van der Waals surface area contributed by atoms with Crippen LogP contribution in [0.25, 0.3) is 10.9 Å². The van der Waals surface area contributed by atoms with Crippen LogP contribution in [0.5, 0.6) is 0 Å². The van der Waals surface area contributed by atoms with Crippen molar-refractivity contribution >= 4 is 34.5 Å². The van der Waals surface area contributed by atoms with Crippen LogP contribution in [-0.4, -0.2) is 62.3 Å². The Hall–Kier alpha value is -3.20. The Kier molecular flexibility index (Phi) is 6.08. The summed E-state index contributed by atoms with van der Waals surface area (Å²) in [4.78, 5) is 42.6. The predicted molar refractivity (Wildman–Crippen MR) is 118 cm³/mol. The minimum Gasteiger partial charge on any atom is -0.338 e. The van der Waals surface area contributed by atoms with Crippen LogP contribution in [0.1, 0.15) is 0 Å². The van der Waals surface area contributed by atoms with Gasteiger partial charge in [0.15, 0.2) is 5.16 Å². The number of nitrogens with zero attached hydrogens (tertiary/aromatic N) is 6. The Labute approximate surface area is 178 Å². The fourth-order valence-corrected chi connectivity index (χ4v) is 4.29. The fraction of sp³-hybridized carbons (Fsp3) is 0.286. The average Bonchev–Trinajstić information content (AvgIpc) is 2.80. The largest absolute Gasteiger partial charge is 0.338 e. The van der Waals surface area contributed by atoms with Crippen LogP contribution in [0.4, 0.5) is 5.95 Å². The smallest absolute Gasteiger partial charge is 0.262 e. The van der Waals surface area contributed by atoms with Crippen LogP contribution in [0.2, 0.25) is 0 Å². The molecule has 1 amide bonds. The van der Waals surface area contributed by atoms with E-state index < -0.39 is 0 Å². The SMILES string of the molecule is C=CCn1c(SCC(=O)N2CCN(c3ncccn3)CC2)nc2ccccc2c1=O. The third kappa shape index (κ3) is 4.20. The van der Waals surface area contributed by atoms with Crippen molar-refractivity contribution in [3.8, 4) is 0 Å². The minimum atomic E-state index is -0.119. The average molecular weight is 423 g/mol. The van der Waals surface area contributed by atoms with E-state index in [1.54, 1.807) is 35.2 Å². The lowest BCUT2D eigenvalue weighted by Crippen LogP contribution is -2.49. The predicted octanol–water partition coefficient (Wildman–Crippen LogP) is 1.81. The molecule has 0 N–H and O–H groups in total. The van der Waals surface area contributed by atoms with Gasteiger partial charge in [-0.15, -0.1) is 6.58 Å². The number of piperazine rings is 1. The highest BCUT2D eigenvalue weighted by Crippen LogP contribution is 2.19. The summed E-state index contributed by atoms with van der Waals surface area (Å²) >= 11 is 1.29. The monoisotopic (exact) mass is 422 g/mol. The molecule has 154 valence electrons. The lowest BCUT2D eigenvalue weighted by Gasteiger charge is -2.34. The van der Waals surface area contributed by atoms with Crippen LogP contribution in [-0.2, 0) is 11.3 Å². The van der Waals surface area contributed by atoms with Crippen molar-refractivity contribution in [2.24, 2.45) is 0 Å². The van der Waals surface area contributed by atoms with Gasteiger partial charge in [-0.3, -0.25) is 14.2 Å². The van der Waals surface area contributed by atoms with Crippen molar-refractivity contribution in [3.63, 3.8) is 0 Å². The second kappa shape index (κ2) is 9.08. The first kappa shape index (κ1) is 20.1. The quantitative estimate of drug-likeness (QED) is 0.340. The van der Waals surface area contributed by atoms with E-state index >= 15 is 0 Å². The van der Waals surface area contributed by atoms with E-state index in [4.69, 9.17) is 0 Å². The number of para-hydroxylation sites is 1. The van der Waals surface area contributed by atoms with Gasteiger partial charge < -0.3 is 9.80 Å². The summed E-state index contributed by atoms with van der Waals surface area (Å²) in [5.74, 6) is 0.943. The molecule has 0 bridgehead atoms. The number of amides is 1. The number of fused-ring (bicyclic) bond motifs is 1. The number of carbonyl (C=O) groups excluding carboxylic acids is 1. The number of thioether (sulfide) groups is 1. The minimum absolute atomic E-state index is 0.0289. The molecular formula is C21H22N6O2S. The van der Waals surface area contributed by atoms with Gasteiger partial charge in [0.1, 0.15) is 0 Å². The van der Waals surface area contributed by atoms with Crippen LogP contribution in [0, 0.1) is 0 Å². The second-order valence-electron chi connectivity index (χ2n) is 6.82. The van der Waals surface area contributed by atoms with E-state index in [0.717, 1.165) is 0 Å². The number of carbonyl (C=O) groups is 1. The Bertz CT molecular complexity index is 1110. The van der Waals surface area contributed by atoms with Crippen LogP contribution in [0.15, 0.2) is 65.3 Å². The van der Waals surface area contributed by atoms with Gasteiger partial charge in [-0.1, -0.05) is 30.0 Å². The second-order valence-corrected chi connectivity index (χ2v) is 7.76. The molecule has 1 fully saturated rings. The Morgan fingerprint density at radius 3 is 2.57 bits per heavy atom. The summed E-state index contributed by atoms with van der Waals surface area (Å²) in [6, 6.07) is 9.03. The van der Waals surface area contributed by atoms with E-state index in [1.807, 2.05) is 23.1 Å². The van der Waals surface area contributed by atoms with Crippen LogP contribution in [0.3, 0.4) is 0 Å². The fourth-order valence-electron chi connectivity index (χ4n) is 3.38. The molecule has 9 heteroatoms. The highest BCUT2D eigenvalue weighted by molar-refractivity contribution is 7.99. The number of benzene rings is 1. The summed E-state index contributed by atoms with van der Waals surface area (Å²) in [6.45, 7) is 6.69. The molecule has 0 saturated carbocycles. The first-order valence-corrected chi connectivity index (χ1v) is 10.7. The van der Waals surface area contributed by atoms with Crippen molar-refractivity contribution in [2.75, 3.05) is 36.8 Å². The number of hydrogen-bond acceptors (Lipinski definition) is 7. The van der Waals surface area contributed by atoms with E-state index in [1.165, 1.54) is 11.8 Å². The molecule has 0 radical (unpaired) electrons. The first-order valence-electron chi connectivity index (χ1n) is 9.70. The highest BCUT2D eigenvalue weighted by atomic mass is 32.2. The molecule has 3 heterocycles. The van der Waals surface area contributed by atoms with E-state index in [9.17, 15) is 9.59 Å². The third-order valence-corrected chi connectivity index (χ3v) is 5.89. The van der Waals surface area contributed by atoms with Crippen molar-refractivity contribution < 1.29 is 4.79 Å². The Balaban J connectivity index is 1.43. The molecule has 0 atom stereocenters. The number of hydrogen-bond donors (Lipinski definition) is 0. The molecule has 8 nitrogen and oxygen atoms in total. The molecular weight excluding hydrogens is 400 g/mol. The molecule has 1 aromatic carbocycles. The zero-order valence-corrected chi connectivity index (χ0v) is 17.3. The molecule has 30 heavy (non-hydrogen) atoms. The molecule has 0 spiro atoms.